The lowest BCUT2D eigenvalue weighted by Crippen LogP contribution is -2.25. The summed E-state index contributed by atoms with van der Waals surface area (Å²) in [6, 6.07) is 4.03. The molecular formula is C11H13FINO2S. The first-order valence-electron chi connectivity index (χ1n) is 5.46. The van der Waals surface area contributed by atoms with Gasteiger partial charge in [-0.15, -0.1) is 0 Å². The van der Waals surface area contributed by atoms with Crippen molar-refractivity contribution in [3.05, 3.63) is 27.6 Å². The zero-order chi connectivity index (χ0) is 12.5. The Labute approximate surface area is 114 Å². The SMILES string of the molecule is O=S(=O)(Nc1ccc(F)cc1I)C1CCCC1. The molecule has 1 aliphatic carbocycles. The molecule has 0 unspecified atom stereocenters. The fourth-order valence-corrected chi connectivity index (χ4v) is 4.41. The first-order valence-corrected chi connectivity index (χ1v) is 8.08. The second-order valence-electron chi connectivity index (χ2n) is 4.18. The van der Waals surface area contributed by atoms with E-state index in [0.717, 1.165) is 12.8 Å². The molecule has 0 radical (unpaired) electrons. The molecule has 0 saturated heterocycles. The largest absolute Gasteiger partial charge is 0.282 e. The van der Waals surface area contributed by atoms with Gasteiger partial charge in [-0.3, -0.25) is 4.72 Å². The smallest absolute Gasteiger partial charge is 0.235 e. The average Bonchev–Trinajstić information content (AvgIpc) is 2.76. The molecule has 1 saturated carbocycles. The van der Waals surface area contributed by atoms with Gasteiger partial charge in [-0.1, -0.05) is 12.8 Å². The van der Waals surface area contributed by atoms with Crippen LogP contribution in [0.1, 0.15) is 25.7 Å². The van der Waals surface area contributed by atoms with Gasteiger partial charge in [0.05, 0.1) is 10.9 Å². The first kappa shape index (κ1) is 13.1. The Kier molecular flexibility index (Phi) is 3.92. The Morgan fingerprint density at radius 1 is 1.29 bits per heavy atom. The zero-order valence-electron chi connectivity index (χ0n) is 9.12. The van der Waals surface area contributed by atoms with Gasteiger partial charge >= 0.3 is 0 Å². The minimum atomic E-state index is -3.33. The molecule has 1 N–H and O–H groups in total. The van der Waals surface area contributed by atoms with E-state index in [1.807, 2.05) is 22.6 Å². The van der Waals surface area contributed by atoms with Gasteiger partial charge < -0.3 is 0 Å². The van der Waals surface area contributed by atoms with Gasteiger partial charge in [-0.25, -0.2) is 12.8 Å². The van der Waals surface area contributed by atoms with E-state index in [0.29, 0.717) is 22.1 Å². The van der Waals surface area contributed by atoms with Crippen LogP contribution in [0.4, 0.5) is 10.1 Å². The maximum atomic E-state index is 12.9. The van der Waals surface area contributed by atoms with Crippen molar-refractivity contribution in [2.24, 2.45) is 0 Å². The number of hydrogen-bond donors (Lipinski definition) is 1. The predicted molar refractivity (Wildman–Crippen MR) is 73.9 cm³/mol. The summed E-state index contributed by atoms with van der Waals surface area (Å²) in [6.45, 7) is 0. The lowest BCUT2D eigenvalue weighted by Gasteiger charge is -2.14. The summed E-state index contributed by atoms with van der Waals surface area (Å²) < 4.78 is 40.1. The van der Waals surface area contributed by atoms with Crippen LogP contribution in [0.5, 0.6) is 0 Å². The molecule has 2 rings (SSSR count). The molecule has 0 spiro atoms. The third-order valence-electron chi connectivity index (χ3n) is 2.92. The molecule has 0 amide bonds. The van der Waals surface area contributed by atoms with Crippen LogP contribution in [0.25, 0.3) is 0 Å². The van der Waals surface area contributed by atoms with Crippen LogP contribution in [0.2, 0.25) is 0 Å². The number of hydrogen-bond acceptors (Lipinski definition) is 2. The van der Waals surface area contributed by atoms with Crippen LogP contribution in [-0.2, 0) is 10.0 Å². The van der Waals surface area contributed by atoms with Gasteiger partial charge in [0.15, 0.2) is 0 Å². The molecule has 17 heavy (non-hydrogen) atoms. The third kappa shape index (κ3) is 3.09. The minimum absolute atomic E-state index is 0.302. The van der Waals surface area contributed by atoms with Crippen LogP contribution >= 0.6 is 22.6 Å². The topological polar surface area (TPSA) is 46.2 Å². The monoisotopic (exact) mass is 369 g/mol. The van der Waals surface area contributed by atoms with Gasteiger partial charge in [0.1, 0.15) is 5.82 Å². The number of benzene rings is 1. The number of sulfonamides is 1. The van der Waals surface area contributed by atoms with E-state index >= 15 is 0 Å². The predicted octanol–water partition coefficient (Wildman–Crippen LogP) is 3.11. The molecule has 0 atom stereocenters. The molecule has 1 aromatic rings. The number of halogens is 2. The lowest BCUT2D eigenvalue weighted by molar-refractivity contribution is 0.585. The molecule has 0 heterocycles. The van der Waals surface area contributed by atoms with E-state index in [2.05, 4.69) is 4.72 Å². The van der Waals surface area contributed by atoms with E-state index in [9.17, 15) is 12.8 Å². The van der Waals surface area contributed by atoms with Gasteiger partial charge in [-0.05, 0) is 53.6 Å². The Bertz CT molecular complexity index is 512. The summed E-state index contributed by atoms with van der Waals surface area (Å²) in [6.07, 6.45) is 3.36. The highest BCUT2D eigenvalue weighted by atomic mass is 127. The summed E-state index contributed by atoms with van der Waals surface area (Å²) in [4.78, 5) is 0. The van der Waals surface area contributed by atoms with Crippen LogP contribution in [-0.4, -0.2) is 13.7 Å². The normalized spacial score (nSPS) is 17.3. The van der Waals surface area contributed by atoms with E-state index in [4.69, 9.17) is 0 Å². The fraction of sp³-hybridized carbons (Fsp3) is 0.455. The maximum Gasteiger partial charge on any atom is 0.235 e. The molecular weight excluding hydrogens is 356 g/mol. The van der Waals surface area contributed by atoms with Crippen molar-refractivity contribution >= 4 is 38.3 Å². The van der Waals surface area contributed by atoms with Crippen molar-refractivity contribution in [2.45, 2.75) is 30.9 Å². The zero-order valence-corrected chi connectivity index (χ0v) is 12.1. The second kappa shape index (κ2) is 5.09. The van der Waals surface area contributed by atoms with Gasteiger partial charge in [0.25, 0.3) is 0 Å². The van der Waals surface area contributed by atoms with E-state index in [1.54, 1.807) is 0 Å². The summed E-state index contributed by atoms with van der Waals surface area (Å²) in [7, 11) is -3.33. The van der Waals surface area contributed by atoms with Crippen LogP contribution in [0, 0.1) is 9.39 Å². The highest BCUT2D eigenvalue weighted by Crippen LogP contribution is 2.27. The van der Waals surface area contributed by atoms with Crippen LogP contribution < -0.4 is 4.72 Å². The van der Waals surface area contributed by atoms with Crippen molar-refractivity contribution < 1.29 is 12.8 Å². The molecule has 6 heteroatoms. The van der Waals surface area contributed by atoms with E-state index in [1.165, 1.54) is 18.2 Å². The Morgan fingerprint density at radius 2 is 1.94 bits per heavy atom. The Morgan fingerprint density at radius 3 is 2.53 bits per heavy atom. The summed E-state index contributed by atoms with van der Waals surface area (Å²) in [5.41, 5.74) is 0.457. The third-order valence-corrected chi connectivity index (χ3v) is 5.67. The van der Waals surface area contributed by atoms with Crippen LogP contribution in [0.3, 0.4) is 0 Å². The van der Waals surface area contributed by atoms with Crippen molar-refractivity contribution in [1.29, 1.82) is 0 Å². The van der Waals surface area contributed by atoms with Crippen molar-refractivity contribution in [2.75, 3.05) is 4.72 Å². The Balaban J connectivity index is 2.19. The summed E-state index contributed by atoms with van der Waals surface area (Å²) in [5.74, 6) is -0.363. The molecule has 94 valence electrons. The van der Waals surface area contributed by atoms with E-state index in [-0.39, 0.29) is 11.1 Å². The van der Waals surface area contributed by atoms with Crippen molar-refractivity contribution in [1.82, 2.24) is 0 Å². The molecule has 0 aliphatic heterocycles. The highest BCUT2D eigenvalue weighted by molar-refractivity contribution is 14.1. The minimum Gasteiger partial charge on any atom is -0.282 e. The summed E-state index contributed by atoms with van der Waals surface area (Å²) >= 11 is 1.92. The fourth-order valence-electron chi connectivity index (χ4n) is 2.01. The number of rotatable bonds is 3. The van der Waals surface area contributed by atoms with Crippen molar-refractivity contribution in [3.63, 3.8) is 0 Å². The van der Waals surface area contributed by atoms with Crippen LogP contribution in [0.15, 0.2) is 18.2 Å². The standard InChI is InChI=1S/C11H13FINO2S/c12-8-5-6-11(10(13)7-8)14-17(15,16)9-3-1-2-4-9/h5-7,9,14H,1-4H2. The highest BCUT2D eigenvalue weighted by Gasteiger charge is 2.28. The van der Waals surface area contributed by atoms with Gasteiger partial charge in [-0.2, -0.15) is 0 Å². The molecule has 1 aromatic carbocycles. The average molecular weight is 369 g/mol. The van der Waals surface area contributed by atoms with Crippen molar-refractivity contribution in [3.8, 4) is 0 Å². The lowest BCUT2D eigenvalue weighted by atomic mass is 10.3. The molecule has 1 aliphatic rings. The molecule has 1 fully saturated rings. The number of nitrogens with one attached hydrogen (secondary N) is 1. The maximum absolute atomic E-state index is 12.9. The Hall–Kier alpha value is -0.370. The molecule has 0 bridgehead atoms. The molecule has 3 nitrogen and oxygen atoms in total. The van der Waals surface area contributed by atoms with E-state index < -0.39 is 10.0 Å². The molecule has 0 aromatic heterocycles. The second-order valence-corrected chi connectivity index (χ2v) is 7.30. The van der Waals surface area contributed by atoms with Gasteiger partial charge in [0.2, 0.25) is 10.0 Å². The quantitative estimate of drug-likeness (QED) is 0.833. The summed E-state index contributed by atoms with van der Waals surface area (Å²) in [5, 5.41) is -0.302. The first-order chi connectivity index (χ1) is 7.99. The number of anilines is 1. The van der Waals surface area contributed by atoms with Gasteiger partial charge in [0, 0.05) is 3.57 Å².